The van der Waals surface area contributed by atoms with Crippen molar-refractivity contribution in [3.63, 3.8) is 0 Å². The maximum Gasteiger partial charge on any atom is 0.270 e. The fourth-order valence-corrected chi connectivity index (χ4v) is 4.49. The Hall–Kier alpha value is -2.55. The first-order valence-corrected chi connectivity index (χ1v) is 11.2. The second-order valence-corrected chi connectivity index (χ2v) is 8.83. The number of anilines is 2. The first-order valence-electron chi connectivity index (χ1n) is 9.96. The van der Waals surface area contributed by atoms with E-state index in [1.807, 2.05) is 38.1 Å². The van der Waals surface area contributed by atoms with Crippen molar-refractivity contribution in [1.29, 1.82) is 0 Å². The summed E-state index contributed by atoms with van der Waals surface area (Å²) in [5.41, 5.74) is 4.47. The maximum atomic E-state index is 13.3. The van der Waals surface area contributed by atoms with E-state index in [9.17, 15) is 9.59 Å². The Balaban J connectivity index is 1.67. The van der Waals surface area contributed by atoms with E-state index in [0.717, 1.165) is 39.9 Å². The number of nitrogens with one attached hydrogen (secondary N) is 1. The van der Waals surface area contributed by atoms with Crippen molar-refractivity contribution in [2.45, 2.75) is 13.8 Å². The first kappa shape index (κ1) is 21.7. The molecule has 160 valence electrons. The lowest BCUT2D eigenvalue weighted by molar-refractivity contribution is -0.122. The van der Waals surface area contributed by atoms with Gasteiger partial charge in [0.2, 0.25) is 0 Å². The van der Waals surface area contributed by atoms with Crippen LogP contribution < -0.4 is 15.1 Å². The normalized spacial score (nSPS) is 18.5. The number of morpholine rings is 1. The number of ether oxygens (including phenoxy) is 1. The average Bonchev–Trinajstić information content (AvgIpc) is 2.74. The fraction of sp³-hybridized carbons (Fsp3) is 0.261. The summed E-state index contributed by atoms with van der Waals surface area (Å²) in [6.07, 6.45) is 1.64. The molecule has 4 rings (SSSR count). The number of benzene rings is 2. The minimum absolute atomic E-state index is 0.0538. The number of thiocarbonyl (C=S) groups is 1. The summed E-state index contributed by atoms with van der Waals surface area (Å²) in [4.78, 5) is 29.5. The molecule has 2 aromatic carbocycles. The molecule has 0 saturated carbocycles. The number of amides is 2. The molecule has 2 saturated heterocycles. The van der Waals surface area contributed by atoms with Crippen LogP contribution in [0.4, 0.5) is 11.4 Å². The predicted octanol–water partition coefficient (Wildman–Crippen LogP) is 3.73. The van der Waals surface area contributed by atoms with Crippen molar-refractivity contribution in [2.75, 3.05) is 36.1 Å². The second-order valence-electron chi connectivity index (χ2n) is 7.53. The lowest BCUT2D eigenvalue weighted by atomic mass is 10.0. The van der Waals surface area contributed by atoms with Gasteiger partial charge in [-0.3, -0.25) is 19.8 Å². The van der Waals surface area contributed by atoms with Crippen LogP contribution in [0.3, 0.4) is 0 Å². The van der Waals surface area contributed by atoms with Crippen LogP contribution in [-0.2, 0) is 14.3 Å². The van der Waals surface area contributed by atoms with Gasteiger partial charge in [-0.2, -0.15) is 0 Å². The number of nitrogens with zero attached hydrogens (tertiary/aromatic N) is 2. The molecule has 0 aromatic heterocycles. The van der Waals surface area contributed by atoms with Crippen LogP contribution in [0.1, 0.15) is 16.7 Å². The molecule has 31 heavy (non-hydrogen) atoms. The molecule has 2 aliphatic heterocycles. The summed E-state index contributed by atoms with van der Waals surface area (Å²) in [7, 11) is 0. The van der Waals surface area contributed by atoms with Crippen LogP contribution in [0, 0.1) is 13.8 Å². The lowest BCUT2D eigenvalue weighted by Gasteiger charge is -2.30. The Kier molecular flexibility index (Phi) is 6.22. The Morgan fingerprint density at radius 1 is 1.06 bits per heavy atom. The van der Waals surface area contributed by atoms with Gasteiger partial charge in [0.15, 0.2) is 5.11 Å². The van der Waals surface area contributed by atoms with Crippen molar-refractivity contribution >= 4 is 62.5 Å². The van der Waals surface area contributed by atoms with E-state index in [2.05, 4.69) is 32.2 Å². The van der Waals surface area contributed by atoms with Crippen LogP contribution >= 0.6 is 28.1 Å². The van der Waals surface area contributed by atoms with Gasteiger partial charge in [-0.1, -0.05) is 22.0 Å². The third-order valence-electron chi connectivity index (χ3n) is 5.43. The number of hydrogen-bond acceptors (Lipinski definition) is 5. The van der Waals surface area contributed by atoms with E-state index in [1.165, 1.54) is 4.90 Å². The standard InChI is InChI=1S/C23H22BrN3O3S/c1-14-12-18(26-7-9-30-10-8-26)5-3-16(14)13-19-21(28)25-23(31)27(22(19)29)20-6-4-17(24)11-15(20)2/h3-6,11-13H,7-10H2,1-2H3,(H,25,28,31)/b19-13+. The molecular formula is C23H22BrN3O3S. The smallest absolute Gasteiger partial charge is 0.270 e. The maximum absolute atomic E-state index is 13.3. The third kappa shape index (κ3) is 4.42. The third-order valence-corrected chi connectivity index (χ3v) is 6.21. The predicted molar refractivity (Wildman–Crippen MR) is 129 cm³/mol. The number of carbonyl (C=O) groups is 2. The summed E-state index contributed by atoms with van der Waals surface area (Å²) in [6, 6.07) is 11.6. The van der Waals surface area contributed by atoms with Gasteiger partial charge < -0.3 is 9.64 Å². The van der Waals surface area contributed by atoms with Crippen LogP contribution in [0.5, 0.6) is 0 Å². The number of rotatable bonds is 3. The summed E-state index contributed by atoms with van der Waals surface area (Å²) in [5, 5.41) is 2.73. The molecule has 1 N–H and O–H groups in total. The van der Waals surface area contributed by atoms with E-state index >= 15 is 0 Å². The van der Waals surface area contributed by atoms with E-state index in [0.29, 0.717) is 18.9 Å². The Morgan fingerprint density at radius 3 is 2.48 bits per heavy atom. The molecule has 2 aliphatic rings. The molecule has 0 radical (unpaired) electrons. The quantitative estimate of drug-likeness (QED) is 0.396. The Morgan fingerprint density at radius 2 is 1.81 bits per heavy atom. The van der Waals surface area contributed by atoms with Gasteiger partial charge in [0.25, 0.3) is 11.8 Å². The Labute approximate surface area is 195 Å². The highest BCUT2D eigenvalue weighted by atomic mass is 79.9. The average molecular weight is 500 g/mol. The minimum atomic E-state index is -0.488. The Bertz CT molecular complexity index is 1110. The largest absolute Gasteiger partial charge is 0.378 e. The summed E-state index contributed by atoms with van der Waals surface area (Å²) < 4.78 is 6.32. The number of hydrogen-bond donors (Lipinski definition) is 1. The van der Waals surface area contributed by atoms with Gasteiger partial charge in [0, 0.05) is 23.2 Å². The fourth-order valence-electron chi connectivity index (χ4n) is 3.74. The van der Waals surface area contributed by atoms with Gasteiger partial charge in [-0.05, 0) is 79.2 Å². The van der Waals surface area contributed by atoms with Crippen LogP contribution in [0.15, 0.2) is 46.4 Å². The number of carbonyl (C=O) groups excluding carboxylic acids is 2. The molecule has 2 fully saturated rings. The lowest BCUT2D eigenvalue weighted by Crippen LogP contribution is -2.54. The van der Waals surface area contributed by atoms with Crippen LogP contribution in [0.25, 0.3) is 6.08 Å². The molecule has 6 nitrogen and oxygen atoms in total. The van der Waals surface area contributed by atoms with Crippen molar-refractivity contribution in [1.82, 2.24) is 5.32 Å². The molecule has 8 heteroatoms. The minimum Gasteiger partial charge on any atom is -0.378 e. The number of aryl methyl sites for hydroxylation is 2. The molecule has 2 heterocycles. The van der Waals surface area contributed by atoms with Crippen molar-refractivity contribution in [3.05, 3.63) is 63.1 Å². The zero-order valence-electron chi connectivity index (χ0n) is 17.3. The van der Waals surface area contributed by atoms with Gasteiger partial charge in [-0.15, -0.1) is 0 Å². The topological polar surface area (TPSA) is 61.9 Å². The molecule has 0 spiro atoms. The van der Waals surface area contributed by atoms with Crippen molar-refractivity contribution in [3.8, 4) is 0 Å². The molecule has 2 amide bonds. The summed E-state index contributed by atoms with van der Waals surface area (Å²) >= 11 is 8.74. The van der Waals surface area contributed by atoms with Crippen molar-refractivity contribution < 1.29 is 14.3 Å². The van der Waals surface area contributed by atoms with Gasteiger partial charge >= 0.3 is 0 Å². The highest BCUT2D eigenvalue weighted by Gasteiger charge is 2.35. The van der Waals surface area contributed by atoms with Gasteiger partial charge in [0.05, 0.1) is 18.9 Å². The zero-order chi connectivity index (χ0) is 22.1. The zero-order valence-corrected chi connectivity index (χ0v) is 19.7. The van der Waals surface area contributed by atoms with Crippen molar-refractivity contribution in [2.24, 2.45) is 0 Å². The van der Waals surface area contributed by atoms with E-state index in [-0.39, 0.29) is 10.7 Å². The summed E-state index contributed by atoms with van der Waals surface area (Å²) in [6.45, 7) is 6.99. The first-order chi connectivity index (χ1) is 14.8. The van der Waals surface area contributed by atoms with E-state index in [1.54, 1.807) is 12.1 Å². The SMILES string of the molecule is Cc1cc(N2CCOCC2)ccc1/C=C1\C(=O)NC(=S)N(c2ccc(Br)cc2C)C1=O. The van der Waals surface area contributed by atoms with Gasteiger partial charge in [-0.25, -0.2) is 0 Å². The van der Waals surface area contributed by atoms with Crippen LogP contribution in [0.2, 0.25) is 0 Å². The van der Waals surface area contributed by atoms with Crippen LogP contribution in [-0.4, -0.2) is 43.2 Å². The molecule has 0 aliphatic carbocycles. The second kappa shape index (κ2) is 8.90. The molecule has 2 aromatic rings. The monoisotopic (exact) mass is 499 g/mol. The van der Waals surface area contributed by atoms with E-state index < -0.39 is 11.8 Å². The molecule has 0 bridgehead atoms. The van der Waals surface area contributed by atoms with E-state index in [4.69, 9.17) is 17.0 Å². The van der Waals surface area contributed by atoms with Gasteiger partial charge in [0.1, 0.15) is 5.57 Å². The molecule has 0 unspecified atom stereocenters. The summed E-state index contributed by atoms with van der Waals surface area (Å²) in [5.74, 6) is -0.923. The molecule has 0 atom stereocenters. The highest BCUT2D eigenvalue weighted by Crippen LogP contribution is 2.28. The number of halogens is 1. The molecular weight excluding hydrogens is 478 g/mol. The highest BCUT2D eigenvalue weighted by molar-refractivity contribution is 9.10.